The minimum Gasteiger partial charge on any atom is -0.481 e. The standard InChI is InChI=1S/C20H32O2.C18H28O2/c1-2-3-4-5-6-7-8-9-10-11-12-13-14-15-16-17-18-19-20(21)22;1-2-3-4-5-6-7-8-9-10-11-12-13-14-15-16-17-18(19)20/h6-7,9-10,12-13,15-16H,2-5,8,11,14,17-19H2,1H3,(H,21,22);3-4,6-7,9-10,12-13H,2,5,8,11,14-17H2,1H3,(H,19,20)/b7-6-,10-9-,13-12-,16-15-;4-3-,7-6-,10-9-,13-12-. The highest BCUT2D eigenvalue weighted by molar-refractivity contribution is 5.66. The second-order valence-electron chi connectivity index (χ2n) is 10.0. The summed E-state index contributed by atoms with van der Waals surface area (Å²) in [6.45, 7) is 4.37. The molecular weight excluding hydrogens is 520 g/mol. The van der Waals surface area contributed by atoms with E-state index in [0.29, 0.717) is 0 Å². The largest absolute Gasteiger partial charge is 0.481 e. The molecule has 42 heavy (non-hydrogen) atoms. The van der Waals surface area contributed by atoms with Crippen molar-refractivity contribution in [3.05, 3.63) is 97.2 Å². The third kappa shape index (κ3) is 43.9. The summed E-state index contributed by atoms with van der Waals surface area (Å²) in [4.78, 5) is 20.6. The number of hydrogen-bond acceptors (Lipinski definition) is 2. The molecule has 4 nitrogen and oxygen atoms in total. The summed E-state index contributed by atoms with van der Waals surface area (Å²) in [7, 11) is 0. The molecule has 0 atom stereocenters. The minimum absolute atomic E-state index is 0.262. The first-order chi connectivity index (χ1) is 20.5. The predicted octanol–water partition coefficient (Wildman–Crippen LogP) is 11.7. The molecule has 0 spiro atoms. The van der Waals surface area contributed by atoms with Gasteiger partial charge in [0.1, 0.15) is 0 Å². The number of carboxylic acid groups (broad SMARTS) is 2. The zero-order chi connectivity index (χ0) is 31.2. The normalized spacial score (nSPS) is 12.4. The lowest BCUT2D eigenvalue weighted by Gasteiger charge is -1.92. The molecule has 4 heteroatoms. The van der Waals surface area contributed by atoms with E-state index in [9.17, 15) is 9.59 Å². The molecule has 0 aromatic carbocycles. The topological polar surface area (TPSA) is 74.6 Å². The van der Waals surface area contributed by atoms with Gasteiger partial charge in [0.2, 0.25) is 0 Å². The van der Waals surface area contributed by atoms with Crippen LogP contribution in [0.15, 0.2) is 97.2 Å². The van der Waals surface area contributed by atoms with Crippen LogP contribution in [-0.4, -0.2) is 22.2 Å². The zero-order valence-electron chi connectivity index (χ0n) is 26.7. The van der Waals surface area contributed by atoms with E-state index in [1.165, 1.54) is 25.7 Å². The van der Waals surface area contributed by atoms with Gasteiger partial charge in [-0.1, -0.05) is 124 Å². The number of hydrogen-bond donors (Lipinski definition) is 2. The molecule has 0 aliphatic rings. The van der Waals surface area contributed by atoms with Gasteiger partial charge in [-0.15, -0.1) is 0 Å². The molecule has 0 saturated carbocycles. The maximum atomic E-state index is 10.3. The Balaban J connectivity index is 0. The lowest BCUT2D eigenvalue weighted by Crippen LogP contribution is -1.92. The summed E-state index contributed by atoms with van der Waals surface area (Å²) < 4.78 is 0. The number of unbranched alkanes of at least 4 members (excludes halogenated alkanes) is 6. The molecule has 0 saturated heterocycles. The summed E-state index contributed by atoms with van der Waals surface area (Å²) in [5, 5.41) is 17.0. The van der Waals surface area contributed by atoms with Crippen LogP contribution < -0.4 is 0 Å². The monoisotopic (exact) mass is 580 g/mol. The molecule has 0 unspecified atom stereocenters. The maximum Gasteiger partial charge on any atom is 0.303 e. The van der Waals surface area contributed by atoms with Crippen molar-refractivity contribution in [3.63, 3.8) is 0 Å². The van der Waals surface area contributed by atoms with E-state index in [1.54, 1.807) is 0 Å². The molecule has 0 heterocycles. The van der Waals surface area contributed by atoms with E-state index < -0.39 is 11.9 Å². The van der Waals surface area contributed by atoms with E-state index in [1.807, 2.05) is 0 Å². The van der Waals surface area contributed by atoms with Gasteiger partial charge < -0.3 is 10.2 Å². The smallest absolute Gasteiger partial charge is 0.303 e. The summed E-state index contributed by atoms with van der Waals surface area (Å²) in [6.07, 6.45) is 51.8. The Kier molecular flexibility index (Phi) is 37.0. The van der Waals surface area contributed by atoms with Crippen LogP contribution in [0.1, 0.15) is 129 Å². The van der Waals surface area contributed by atoms with Crippen molar-refractivity contribution < 1.29 is 19.8 Å². The Morgan fingerprint density at radius 2 is 0.714 bits per heavy atom. The molecule has 0 bridgehead atoms. The highest BCUT2D eigenvalue weighted by Crippen LogP contribution is 2.03. The fraction of sp³-hybridized carbons (Fsp3) is 0.526. The second kappa shape index (κ2) is 37.9. The first kappa shape index (κ1) is 41.0. The molecule has 0 aromatic heterocycles. The van der Waals surface area contributed by atoms with Crippen LogP contribution in [-0.2, 0) is 9.59 Å². The fourth-order valence-electron chi connectivity index (χ4n) is 3.57. The first-order valence-corrected chi connectivity index (χ1v) is 16.2. The Morgan fingerprint density at radius 3 is 1.07 bits per heavy atom. The number of allylic oxidation sites excluding steroid dienone is 16. The van der Waals surface area contributed by atoms with E-state index in [2.05, 4.69) is 111 Å². The zero-order valence-corrected chi connectivity index (χ0v) is 26.7. The van der Waals surface area contributed by atoms with Crippen molar-refractivity contribution in [2.24, 2.45) is 0 Å². The number of carboxylic acids is 2. The molecule has 0 fully saturated rings. The Labute approximate surface area is 258 Å². The van der Waals surface area contributed by atoms with E-state index in [0.717, 1.165) is 77.0 Å². The van der Waals surface area contributed by atoms with Crippen LogP contribution in [0.2, 0.25) is 0 Å². The summed E-state index contributed by atoms with van der Waals surface area (Å²) in [5.74, 6) is -1.41. The highest BCUT2D eigenvalue weighted by atomic mass is 16.4. The van der Waals surface area contributed by atoms with Gasteiger partial charge >= 0.3 is 11.9 Å². The number of carbonyl (C=O) groups is 2. The molecule has 0 radical (unpaired) electrons. The molecule has 0 rings (SSSR count). The molecule has 0 aliphatic carbocycles. The lowest BCUT2D eigenvalue weighted by molar-refractivity contribution is -0.138. The summed E-state index contributed by atoms with van der Waals surface area (Å²) in [5.41, 5.74) is 0. The van der Waals surface area contributed by atoms with Crippen LogP contribution in [0.3, 0.4) is 0 Å². The van der Waals surface area contributed by atoms with Crippen molar-refractivity contribution in [2.45, 2.75) is 129 Å². The van der Waals surface area contributed by atoms with Gasteiger partial charge in [0, 0.05) is 12.8 Å². The van der Waals surface area contributed by atoms with Crippen LogP contribution in [0.25, 0.3) is 0 Å². The lowest BCUT2D eigenvalue weighted by atomic mass is 10.2. The van der Waals surface area contributed by atoms with Gasteiger partial charge in [-0.25, -0.2) is 0 Å². The van der Waals surface area contributed by atoms with Crippen molar-refractivity contribution in [3.8, 4) is 0 Å². The van der Waals surface area contributed by atoms with Crippen LogP contribution in [0.4, 0.5) is 0 Å². The quantitative estimate of drug-likeness (QED) is 0.0788. The molecule has 0 amide bonds. The average Bonchev–Trinajstić information content (AvgIpc) is 2.97. The van der Waals surface area contributed by atoms with E-state index >= 15 is 0 Å². The maximum absolute atomic E-state index is 10.3. The van der Waals surface area contributed by atoms with Crippen LogP contribution in [0, 0.1) is 0 Å². The highest BCUT2D eigenvalue weighted by Gasteiger charge is 1.94. The Hall–Kier alpha value is -3.14. The molecule has 0 aromatic rings. The molecule has 0 aliphatic heterocycles. The third-order valence-corrected chi connectivity index (χ3v) is 5.95. The van der Waals surface area contributed by atoms with Crippen LogP contribution in [0.5, 0.6) is 0 Å². The third-order valence-electron chi connectivity index (χ3n) is 5.95. The number of aliphatic carboxylic acids is 2. The first-order valence-electron chi connectivity index (χ1n) is 16.2. The van der Waals surface area contributed by atoms with Gasteiger partial charge in [-0.05, 0) is 89.9 Å². The molecule has 236 valence electrons. The van der Waals surface area contributed by atoms with Gasteiger partial charge in [-0.3, -0.25) is 9.59 Å². The predicted molar refractivity (Wildman–Crippen MR) is 183 cm³/mol. The van der Waals surface area contributed by atoms with Gasteiger partial charge in [-0.2, -0.15) is 0 Å². The van der Waals surface area contributed by atoms with Crippen molar-refractivity contribution in [2.75, 3.05) is 0 Å². The summed E-state index contributed by atoms with van der Waals surface area (Å²) >= 11 is 0. The van der Waals surface area contributed by atoms with Crippen molar-refractivity contribution >= 4 is 11.9 Å². The number of rotatable bonds is 26. The van der Waals surface area contributed by atoms with E-state index in [4.69, 9.17) is 10.2 Å². The molecular formula is C38H60O4. The van der Waals surface area contributed by atoms with Gasteiger partial charge in [0.05, 0.1) is 0 Å². The van der Waals surface area contributed by atoms with Crippen LogP contribution >= 0.6 is 0 Å². The van der Waals surface area contributed by atoms with Gasteiger partial charge in [0.15, 0.2) is 0 Å². The van der Waals surface area contributed by atoms with Crippen molar-refractivity contribution in [1.82, 2.24) is 0 Å². The fourth-order valence-corrected chi connectivity index (χ4v) is 3.57. The van der Waals surface area contributed by atoms with E-state index in [-0.39, 0.29) is 12.8 Å². The van der Waals surface area contributed by atoms with Crippen molar-refractivity contribution in [1.29, 1.82) is 0 Å². The SMILES string of the molecule is CC/C=C\C/C=C\C/C=C\C/C=C\CCCCC(=O)O.CCCCC/C=C\C/C=C\C/C=C\C/C=C\CCCC(=O)O. The van der Waals surface area contributed by atoms with Gasteiger partial charge in [0.25, 0.3) is 0 Å². The molecule has 2 N–H and O–H groups in total. The minimum atomic E-state index is -0.712. The Bertz CT molecular complexity index is 837. The summed E-state index contributed by atoms with van der Waals surface area (Å²) in [6, 6.07) is 0. The second-order valence-corrected chi connectivity index (χ2v) is 10.0. The Morgan fingerprint density at radius 1 is 0.405 bits per heavy atom. The average molecular weight is 581 g/mol.